The smallest absolute Gasteiger partial charge is 0.252 e. The molecule has 0 N–H and O–H groups in total. The summed E-state index contributed by atoms with van der Waals surface area (Å²) < 4.78 is 26.7. The molecule has 128 valence electrons. The number of piperazine rings is 1. The third kappa shape index (κ3) is 3.61. The van der Waals surface area contributed by atoms with Crippen molar-refractivity contribution >= 4 is 44.7 Å². The Morgan fingerprint density at radius 1 is 1.12 bits per heavy atom. The number of aryl methyl sites for hydroxylation is 1. The summed E-state index contributed by atoms with van der Waals surface area (Å²) >= 11 is 2.81. The summed E-state index contributed by atoms with van der Waals surface area (Å²) in [5.74, 6) is -0.0732. The fourth-order valence-electron chi connectivity index (χ4n) is 2.49. The summed E-state index contributed by atoms with van der Waals surface area (Å²) in [5, 5.41) is 3.75. The van der Waals surface area contributed by atoms with E-state index in [0.717, 1.165) is 10.4 Å². The zero-order valence-electron chi connectivity index (χ0n) is 13.2. The SMILES string of the molecule is Cc1ccsc1/C=C/C(=O)N1CCN(S(=O)(=O)c2cccs2)CC1. The maximum absolute atomic E-state index is 12.5. The number of carbonyl (C=O) groups excluding carboxylic acids is 1. The van der Waals surface area contributed by atoms with Gasteiger partial charge in [-0.3, -0.25) is 4.79 Å². The van der Waals surface area contributed by atoms with Gasteiger partial charge in [0.25, 0.3) is 10.0 Å². The minimum atomic E-state index is -3.42. The van der Waals surface area contributed by atoms with Gasteiger partial charge in [0.15, 0.2) is 0 Å². The number of thiophene rings is 2. The predicted molar refractivity (Wildman–Crippen MR) is 97.7 cm³/mol. The third-order valence-corrected chi connectivity index (χ3v) is 8.17. The van der Waals surface area contributed by atoms with Gasteiger partial charge in [-0.25, -0.2) is 8.42 Å². The second-order valence-corrected chi connectivity index (χ2v) is 9.52. The third-order valence-electron chi connectivity index (χ3n) is 3.92. The summed E-state index contributed by atoms with van der Waals surface area (Å²) in [7, 11) is -3.42. The summed E-state index contributed by atoms with van der Waals surface area (Å²) in [6.07, 6.45) is 3.40. The first-order chi connectivity index (χ1) is 11.5. The van der Waals surface area contributed by atoms with E-state index in [9.17, 15) is 13.2 Å². The molecule has 8 heteroatoms. The number of hydrogen-bond acceptors (Lipinski definition) is 5. The zero-order valence-corrected chi connectivity index (χ0v) is 15.7. The second-order valence-electron chi connectivity index (χ2n) is 5.46. The first-order valence-corrected chi connectivity index (χ1v) is 10.7. The lowest BCUT2D eigenvalue weighted by Gasteiger charge is -2.33. The molecular weight excluding hydrogens is 364 g/mol. The van der Waals surface area contributed by atoms with Crippen LogP contribution < -0.4 is 0 Å². The van der Waals surface area contributed by atoms with E-state index < -0.39 is 10.0 Å². The van der Waals surface area contributed by atoms with E-state index >= 15 is 0 Å². The Balaban J connectivity index is 1.60. The molecule has 2 aromatic rings. The largest absolute Gasteiger partial charge is 0.337 e. The molecule has 1 fully saturated rings. The molecule has 2 aromatic heterocycles. The molecule has 0 aromatic carbocycles. The molecule has 1 amide bonds. The Hall–Kier alpha value is -1.48. The number of sulfonamides is 1. The van der Waals surface area contributed by atoms with Gasteiger partial charge in [-0.05, 0) is 41.5 Å². The van der Waals surface area contributed by atoms with E-state index in [1.54, 1.807) is 39.8 Å². The first kappa shape index (κ1) is 17.3. The van der Waals surface area contributed by atoms with Crippen LogP contribution >= 0.6 is 22.7 Å². The van der Waals surface area contributed by atoms with Crippen molar-refractivity contribution in [1.29, 1.82) is 0 Å². The molecule has 3 rings (SSSR count). The molecule has 0 atom stereocenters. The number of amides is 1. The molecule has 0 radical (unpaired) electrons. The van der Waals surface area contributed by atoms with Crippen molar-refractivity contribution in [2.45, 2.75) is 11.1 Å². The summed E-state index contributed by atoms with van der Waals surface area (Å²) in [6.45, 7) is 3.50. The molecule has 24 heavy (non-hydrogen) atoms. The van der Waals surface area contributed by atoms with Gasteiger partial charge in [0, 0.05) is 37.1 Å². The fraction of sp³-hybridized carbons (Fsp3) is 0.312. The molecule has 1 aliphatic heterocycles. The van der Waals surface area contributed by atoms with Gasteiger partial charge in [-0.2, -0.15) is 4.31 Å². The van der Waals surface area contributed by atoms with Crippen LogP contribution in [0.5, 0.6) is 0 Å². The highest BCUT2D eigenvalue weighted by Crippen LogP contribution is 2.22. The molecule has 1 saturated heterocycles. The van der Waals surface area contributed by atoms with Crippen LogP contribution in [0.25, 0.3) is 6.08 Å². The van der Waals surface area contributed by atoms with Gasteiger partial charge >= 0.3 is 0 Å². The molecule has 0 aliphatic carbocycles. The van der Waals surface area contributed by atoms with Crippen molar-refractivity contribution in [3.63, 3.8) is 0 Å². The molecular formula is C16H18N2O3S3. The minimum Gasteiger partial charge on any atom is -0.337 e. The molecule has 0 spiro atoms. The van der Waals surface area contributed by atoms with Crippen LogP contribution in [0, 0.1) is 6.92 Å². The van der Waals surface area contributed by atoms with Gasteiger partial charge in [-0.15, -0.1) is 22.7 Å². The molecule has 5 nitrogen and oxygen atoms in total. The van der Waals surface area contributed by atoms with Crippen molar-refractivity contribution in [1.82, 2.24) is 9.21 Å². The topological polar surface area (TPSA) is 57.7 Å². The Morgan fingerprint density at radius 3 is 2.46 bits per heavy atom. The second kappa shape index (κ2) is 7.18. The van der Waals surface area contributed by atoms with Crippen LogP contribution in [0.4, 0.5) is 0 Å². The maximum atomic E-state index is 12.5. The van der Waals surface area contributed by atoms with Crippen LogP contribution in [0.3, 0.4) is 0 Å². The number of hydrogen-bond donors (Lipinski definition) is 0. The first-order valence-electron chi connectivity index (χ1n) is 7.53. The van der Waals surface area contributed by atoms with Crippen molar-refractivity contribution < 1.29 is 13.2 Å². The van der Waals surface area contributed by atoms with Crippen molar-refractivity contribution in [3.05, 3.63) is 45.5 Å². The fourth-order valence-corrected chi connectivity index (χ4v) is 5.88. The van der Waals surface area contributed by atoms with Gasteiger partial charge in [0.2, 0.25) is 5.91 Å². The molecule has 0 bridgehead atoms. The lowest BCUT2D eigenvalue weighted by atomic mass is 10.2. The van der Waals surface area contributed by atoms with E-state index in [-0.39, 0.29) is 5.91 Å². The average Bonchev–Trinajstić information content (AvgIpc) is 3.25. The normalized spacial score (nSPS) is 16.8. The van der Waals surface area contributed by atoms with E-state index in [1.165, 1.54) is 15.6 Å². The highest BCUT2D eigenvalue weighted by Gasteiger charge is 2.30. The molecule has 1 aliphatic rings. The number of rotatable bonds is 4. The average molecular weight is 383 g/mol. The predicted octanol–water partition coefficient (Wildman–Crippen LogP) is 2.66. The Kier molecular flexibility index (Phi) is 5.19. The van der Waals surface area contributed by atoms with E-state index in [1.807, 2.05) is 24.4 Å². The van der Waals surface area contributed by atoms with Gasteiger partial charge in [-0.1, -0.05) is 6.07 Å². The quantitative estimate of drug-likeness (QED) is 0.764. The minimum absolute atomic E-state index is 0.0732. The van der Waals surface area contributed by atoms with E-state index in [4.69, 9.17) is 0 Å². The summed E-state index contributed by atoms with van der Waals surface area (Å²) in [6, 6.07) is 5.36. The van der Waals surface area contributed by atoms with E-state index in [0.29, 0.717) is 30.4 Å². The van der Waals surface area contributed by atoms with Crippen LogP contribution in [-0.4, -0.2) is 49.7 Å². The lowest BCUT2D eigenvalue weighted by molar-refractivity contribution is -0.127. The summed E-state index contributed by atoms with van der Waals surface area (Å²) in [5.41, 5.74) is 1.15. The van der Waals surface area contributed by atoms with Crippen molar-refractivity contribution in [2.24, 2.45) is 0 Å². The maximum Gasteiger partial charge on any atom is 0.252 e. The number of nitrogens with zero attached hydrogens (tertiary/aromatic N) is 2. The monoisotopic (exact) mass is 382 g/mol. The van der Waals surface area contributed by atoms with Crippen molar-refractivity contribution in [3.8, 4) is 0 Å². The van der Waals surface area contributed by atoms with Gasteiger partial charge in [0.05, 0.1) is 0 Å². The van der Waals surface area contributed by atoms with Crippen LogP contribution in [0.2, 0.25) is 0 Å². The van der Waals surface area contributed by atoms with E-state index in [2.05, 4.69) is 0 Å². The Labute approximate surface area is 149 Å². The molecule has 0 saturated carbocycles. The standard InChI is InChI=1S/C16H18N2O3S3/c1-13-6-12-22-14(13)4-5-15(19)17-7-9-18(10-8-17)24(20,21)16-3-2-11-23-16/h2-6,11-12H,7-10H2,1H3/b5-4+. The van der Waals surface area contributed by atoms with Crippen LogP contribution in [0.1, 0.15) is 10.4 Å². The Morgan fingerprint density at radius 2 is 1.88 bits per heavy atom. The molecule has 3 heterocycles. The van der Waals surface area contributed by atoms with Crippen molar-refractivity contribution in [2.75, 3.05) is 26.2 Å². The van der Waals surface area contributed by atoms with Crippen LogP contribution in [-0.2, 0) is 14.8 Å². The van der Waals surface area contributed by atoms with Crippen LogP contribution in [0.15, 0.2) is 39.2 Å². The van der Waals surface area contributed by atoms with Gasteiger partial charge < -0.3 is 4.90 Å². The molecule has 0 unspecified atom stereocenters. The Bertz CT molecular complexity index is 830. The van der Waals surface area contributed by atoms with Gasteiger partial charge in [0.1, 0.15) is 4.21 Å². The highest BCUT2D eigenvalue weighted by molar-refractivity contribution is 7.91. The number of carbonyl (C=O) groups is 1. The highest BCUT2D eigenvalue weighted by atomic mass is 32.2. The zero-order chi connectivity index (χ0) is 17.2. The summed E-state index contributed by atoms with van der Waals surface area (Å²) in [4.78, 5) is 15.0. The lowest BCUT2D eigenvalue weighted by Crippen LogP contribution is -2.50.